The van der Waals surface area contributed by atoms with Gasteiger partial charge in [0.1, 0.15) is 5.75 Å². The van der Waals surface area contributed by atoms with Gasteiger partial charge in [0.2, 0.25) is 5.91 Å². The molecule has 0 bridgehead atoms. The Hall–Kier alpha value is -2.04. The van der Waals surface area contributed by atoms with Gasteiger partial charge in [0.15, 0.2) is 6.61 Å². The van der Waals surface area contributed by atoms with Crippen LogP contribution in [-0.2, 0) is 9.59 Å². The second-order valence-electron chi connectivity index (χ2n) is 5.68. The van der Waals surface area contributed by atoms with E-state index in [-0.39, 0.29) is 24.5 Å². The summed E-state index contributed by atoms with van der Waals surface area (Å²) in [7, 11) is 0. The molecular weight excluding hydrogens is 280 g/mol. The summed E-state index contributed by atoms with van der Waals surface area (Å²) in [6.07, 6.45) is 2.16. The van der Waals surface area contributed by atoms with E-state index >= 15 is 0 Å². The van der Waals surface area contributed by atoms with E-state index in [4.69, 9.17) is 4.74 Å². The average molecular weight is 304 g/mol. The summed E-state index contributed by atoms with van der Waals surface area (Å²) < 4.78 is 5.46. The fraction of sp³-hybridized carbons (Fsp3) is 0.529. The number of ether oxygens (including phenoxy) is 1. The Kier molecular flexibility index (Phi) is 5.81. The molecule has 22 heavy (non-hydrogen) atoms. The molecule has 1 fully saturated rings. The number of rotatable bonds is 5. The molecule has 0 radical (unpaired) electrons. The van der Waals surface area contributed by atoms with Gasteiger partial charge in [-0.2, -0.15) is 0 Å². The molecule has 0 aliphatic carbocycles. The highest BCUT2D eigenvalue weighted by Crippen LogP contribution is 2.13. The minimum Gasteiger partial charge on any atom is -0.484 e. The SMILES string of the molecule is CCC(=O)N1CCC(NC(=O)COc2ccc(C)cc2)CC1. The normalized spacial score (nSPS) is 15.5. The molecule has 5 heteroatoms. The Labute approximate surface area is 131 Å². The molecule has 0 unspecified atom stereocenters. The zero-order valence-electron chi connectivity index (χ0n) is 13.3. The lowest BCUT2D eigenvalue weighted by atomic mass is 10.0. The molecule has 1 N–H and O–H groups in total. The molecule has 1 aromatic carbocycles. The molecule has 1 aliphatic heterocycles. The highest BCUT2D eigenvalue weighted by atomic mass is 16.5. The predicted octanol–water partition coefficient (Wildman–Crippen LogP) is 1.89. The van der Waals surface area contributed by atoms with Gasteiger partial charge in [-0.1, -0.05) is 24.6 Å². The standard InChI is InChI=1S/C17H24N2O3/c1-3-17(21)19-10-8-14(9-11-19)18-16(20)12-22-15-6-4-13(2)5-7-15/h4-7,14H,3,8-12H2,1-2H3,(H,18,20). The fourth-order valence-corrected chi connectivity index (χ4v) is 2.55. The molecule has 1 heterocycles. The van der Waals surface area contributed by atoms with Gasteiger partial charge in [-0.25, -0.2) is 0 Å². The number of benzene rings is 1. The summed E-state index contributed by atoms with van der Waals surface area (Å²) in [6.45, 7) is 5.34. The first kappa shape index (κ1) is 16.3. The second-order valence-corrected chi connectivity index (χ2v) is 5.68. The Bertz CT molecular complexity index is 505. The van der Waals surface area contributed by atoms with Gasteiger partial charge in [-0.3, -0.25) is 9.59 Å². The number of amides is 2. The van der Waals surface area contributed by atoms with E-state index in [1.165, 1.54) is 0 Å². The van der Waals surface area contributed by atoms with Crippen molar-refractivity contribution >= 4 is 11.8 Å². The van der Waals surface area contributed by atoms with Gasteiger partial charge in [0, 0.05) is 25.6 Å². The van der Waals surface area contributed by atoms with Crippen molar-refractivity contribution in [1.82, 2.24) is 10.2 Å². The van der Waals surface area contributed by atoms with Crippen molar-refractivity contribution in [2.75, 3.05) is 19.7 Å². The first-order chi connectivity index (χ1) is 10.6. The topological polar surface area (TPSA) is 58.6 Å². The van der Waals surface area contributed by atoms with E-state index in [0.29, 0.717) is 12.2 Å². The lowest BCUT2D eigenvalue weighted by Crippen LogP contribution is -2.47. The number of aryl methyl sites for hydroxylation is 1. The van der Waals surface area contributed by atoms with Crippen LogP contribution in [0.15, 0.2) is 24.3 Å². The predicted molar refractivity (Wildman–Crippen MR) is 84.7 cm³/mol. The van der Waals surface area contributed by atoms with Crippen LogP contribution in [0.4, 0.5) is 0 Å². The zero-order valence-corrected chi connectivity index (χ0v) is 13.3. The van der Waals surface area contributed by atoms with Crippen molar-refractivity contribution < 1.29 is 14.3 Å². The number of carbonyl (C=O) groups is 2. The van der Waals surface area contributed by atoms with Gasteiger partial charge < -0.3 is 15.0 Å². The molecule has 0 atom stereocenters. The highest BCUT2D eigenvalue weighted by molar-refractivity contribution is 5.78. The van der Waals surface area contributed by atoms with Crippen LogP contribution >= 0.6 is 0 Å². The lowest BCUT2D eigenvalue weighted by Gasteiger charge is -2.32. The van der Waals surface area contributed by atoms with Crippen molar-refractivity contribution in [2.24, 2.45) is 0 Å². The van der Waals surface area contributed by atoms with Crippen LogP contribution in [0.1, 0.15) is 31.7 Å². The highest BCUT2D eigenvalue weighted by Gasteiger charge is 2.22. The molecule has 1 aromatic rings. The summed E-state index contributed by atoms with van der Waals surface area (Å²) in [5.41, 5.74) is 1.16. The molecule has 120 valence electrons. The minimum atomic E-state index is -0.110. The summed E-state index contributed by atoms with van der Waals surface area (Å²) in [4.78, 5) is 25.4. The summed E-state index contributed by atoms with van der Waals surface area (Å²) in [6, 6.07) is 7.76. The number of carbonyl (C=O) groups excluding carboxylic acids is 2. The Morgan fingerprint density at radius 3 is 2.45 bits per heavy atom. The fourth-order valence-electron chi connectivity index (χ4n) is 2.55. The molecule has 0 aromatic heterocycles. The molecule has 5 nitrogen and oxygen atoms in total. The van der Waals surface area contributed by atoms with Crippen molar-refractivity contribution in [3.8, 4) is 5.75 Å². The van der Waals surface area contributed by atoms with Crippen LogP contribution in [0.2, 0.25) is 0 Å². The molecule has 0 spiro atoms. The van der Waals surface area contributed by atoms with E-state index < -0.39 is 0 Å². The van der Waals surface area contributed by atoms with Gasteiger partial charge in [-0.05, 0) is 31.9 Å². The smallest absolute Gasteiger partial charge is 0.258 e. The number of nitrogens with zero attached hydrogens (tertiary/aromatic N) is 1. The van der Waals surface area contributed by atoms with E-state index in [9.17, 15) is 9.59 Å². The molecule has 2 rings (SSSR count). The number of nitrogens with one attached hydrogen (secondary N) is 1. The monoisotopic (exact) mass is 304 g/mol. The quantitative estimate of drug-likeness (QED) is 0.904. The van der Waals surface area contributed by atoms with E-state index in [1.807, 2.05) is 43.0 Å². The van der Waals surface area contributed by atoms with Gasteiger partial charge >= 0.3 is 0 Å². The molecule has 1 saturated heterocycles. The number of hydrogen-bond acceptors (Lipinski definition) is 3. The largest absolute Gasteiger partial charge is 0.484 e. The second kappa shape index (κ2) is 7.82. The Balaban J connectivity index is 1.69. The van der Waals surface area contributed by atoms with Crippen molar-refractivity contribution in [1.29, 1.82) is 0 Å². The first-order valence-corrected chi connectivity index (χ1v) is 7.85. The number of hydrogen-bond donors (Lipinski definition) is 1. The van der Waals surface area contributed by atoms with Crippen LogP contribution in [0.25, 0.3) is 0 Å². The third kappa shape index (κ3) is 4.76. The van der Waals surface area contributed by atoms with E-state index in [2.05, 4.69) is 5.32 Å². The van der Waals surface area contributed by atoms with Crippen LogP contribution in [0, 0.1) is 6.92 Å². The van der Waals surface area contributed by atoms with Crippen LogP contribution in [-0.4, -0.2) is 42.5 Å². The maximum Gasteiger partial charge on any atom is 0.258 e. The first-order valence-electron chi connectivity index (χ1n) is 7.85. The van der Waals surface area contributed by atoms with Crippen molar-refractivity contribution in [3.05, 3.63) is 29.8 Å². The Morgan fingerprint density at radius 1 is 1.23 bits per heavy atom. The third-order valence-electron chi connectivity index (χ3n) is 3.91. The number of piperidine rings is 1. The number of likely N-dealkylation sites (tertiary alicyclic amines) is 1. The van der Waals surface area contributed by atoms with Gasteiger partial charge in [0.25, 0.3) is 5.91 Å². The van der Waals surface area contributed by atoms with Gasteiger partial charge in [-0.15, -0.1) is 0 Å². The van der Waals surface area contributed by atoms with Crippen LogP contribution < -0.4 is 10.1 Å². The maximum absolute atomic E-state index is 11.9. The minimum absolute atomic E-state index is 0.0250. The van der Waals surface area contributed by atoms with E-state index in [1.54, 1.807) is 0 Å². The zero-order chi connectivity index (χ0) is 15.9. The van der Waals surface area contributed by atoms with Crippen molar-refractivity contribution in [2.45, 2.75) is 39.2 Å². The molecule has 2 amide bonds. The third-order valence-corrected chi connectivity index (χ3v) is 3.91. The average Bonchev–Trinajstić information content (AvgIpc) is 2.54. The summed E-state index contributed by atoms with van der Waals surface area (Å²) in [5, 5.41) is 2.98. The molecule has 1 aliphatic rings. The van der Waals surface area contributed by atoms with Crippen molar-refractivity contribution in [3.63, 3.8) is 0 Å². The summed E-state index contributed by atoms with van der Waals surface area (Å²) >= 11 is 0. The maximum atomic E-state index is 11.9. The van der Waals surface area contributed by atoms with Crippen LogP contribution in [0.3, 0.4) is 0 Å². The molecule has 0 saturated carbocycles. The molecular formula is C17H24N2O3. The Morgan fingerprint density at radius 2 is 1.86 bits per heavy atom. The lowest BCUT2D eigenvalue weighted by molar-refractivity contribution is -0.132. The van der Waals surface area contributed by atoms with E-state index in [0.717, 1.165) is 31.5 Å². The van der Waals surface area contributed by atoms with Crippen LogP contribution in [0.5, 0.6) is 5.75 Å². The summed E-state index contributed by atoms with van der Waals surface area (Å²) in [5.74, 6) is 0.775. The van der Waals surface area contributed by atoms with Gasteiger partial charge in [0.05, 0.1) is 0 Å².